The molecule has 6 heteroatoms. The Balaban J connectivity index is 3.17. The number of rotatable bonds is 4. The number of carbonyl (C=O) groups is 2. The van der Waals surface area contributed by atoms with E-state index in [0.29, 0.717) is 5.57 Å². The van der Waals surface area contributed by atoms with Gasteiger partial charge in [-0.1, -0.05) is 0 Å². The first-order chi connectivity index (χ1) is 7.99. The molecule has 0 spiro atoms. The second kappa shape index (κ2) is 5.29. The Hall–Kier alpha value is -2.11. The van der Waals surface area contributed by atoms with E-state index in [1.54, 1.807) is 13.8 Å². The summed E-state index contributed by atoms with van der Waals surface area (Å²) in [6.07, 6.45) is 1.08. The van der Waals surface area contributed by atoms with E-state index in [1.165, 1.54) is 6.92 Å². The number of carboxylic acid groups (broad SMARTS) is 1. The molecule has 0 atom stereocenters. The van der Waals surface area contributed by atoms with Gasteiger partial charge in [0.15, 0.2) is 17.8 Å². The van der Waals surface area contributed by atoms with Crippen LogP contribution in [0.3, 0.4) is 0 Å². The highest BCUT2D eigenvalue weighted by Gasteiger charge is 2.21. The lowest BCUT2D eigenvalue weighted by Crippen LogP contribution is -2.08. The van der Waals surface area contributed by atoms with Crippen molar-refractivity contribution in [2.24, 2.45) is 0 Å². The lowest BCUT2D eigenvalue weighted by atomic mass is 10.1. The van der Waals surface area contributed by atoms with Crippen molar-refractivity contribution >= 4 is 17.5 Å². The van der Waals surface area contributed by atoms with E-state index in [9.17, 15) is 9.59 Å². The molecule has 0 bridgehead atoms. The summed E-state index contributed by atoms with van der Waals surface area (Å²) < 4.78 is 9.82. The first-order valence-corrected chi connectivity index (χ1v) is 5.00. The van der Waals surface area contributed by atoms with Crippen LogP contribution in [0.5, 0.6) is 0 Å². The lowest BCUT2D eigenvalue weighted by molar-refractivity contribution is -0.132. The second-order valence-corrected chi connectivity index (χ2v) is 3.31. The van der Waals surface area contributed by atoms with Gasteiger partial charge in [0.05, 0.1) is 6.61 Å². The summed E-state index contributed by atoms with van der Waals surface area (Å²) in [5, 5.41) is 8.85. The molecule has 0 aromatic carbocycles. The van der Waals surface area contributed by atoms with E-state index in [1.807, 2.05) is 0 Å². The first kappa shape index (κ1) is 13.0. The number of aliphatic carboxylic acids is 1. The molecule has 0 radical (unpaired) electrons. The van der Waals surface area contributed by atoms with E-state index in [0.717, 1.165) is 6.39 Å². The number of ether oxygens (including phenoxy) is 1. The Morgan fingerprint density at radius 1 is 1.47 bits per heavy atom. The number of oxazole rings is 1. The molecule has 1 aromatic heterocycles. The van der Waals surface area contributed by atoms with Crippen LogP contribution in [0.15, 0.2) is 16.4 Å². The highest BCUT2D eigenvalue weighted by molar-refractivity contribution is 5.98. The van der Waals surface area contributed by atoms with Crippen LogP contribution < -0.4 is 0 Å². The summed E-state index contributed by atoms with van der Waals surface area (Å²) in [5.41, 5.74) is 0.426. The quantitative estimate of drug-likeness (QED) is 0.635. The fraction of sp³-hybridized carbons (Fsp3) is 0.364. The van der Waals surface area contributed by atoms with E-state index < -0.39 is 11.9 Å². The number of allylic oxidation sites excluding steroid dienone is 1. The van der Waals surface area contributed by atoms with Gasteiger partial charge in [-0.05, 0) is 20.8 Å². The molecular weight excluding hydrogens is 226 g/mol. The predicted molar refractivity (Wildman–Crippen MR) is 58.4 cm³/mol. The van der Waals surface area contributed by atoms with Crippen molar-refractivity contribution in [3.63, 3.8) is 0 Å². The number of hydrogen-bond acceptors (Lipinski definition) is 5. The number of esters is 1. The molecule has 0 amide bonds. The molecule has 17 heavy (non-hydrogen) atoms. The van der Waals surface area contributed by atoms with Gasteiger partial charge in [0.1, 0.15) is 0 Å². The molecule has 1 N–H and O–H groups in total. The van der Waals surface area contributed by atoms with Gasteiger partial charge in [-0.25, -0.2) is 14.6 Å². The summed E-state index contributed by atoms with van der Waals surface area (Å²) in [4.78, 5) is 26.0. The second-order valence-electron chi connectivity index (χ2n) is 3.31. The molecule has 92 valence electrons. The van der Waals surface area contributed by atoms with Crippen LogP contribution in [0.4, 0.5) is 0 Å². The molecule has 6 nitrogen and oxygen atoms in total. The smallest absolute Gasteiger partial charge is 0.360 e. The Bertz CT molecular complexity index is 472. The first-order valence-electron chi connectivity index (χ1n) is 5.00. The maximum Gasteiger partial charge on any atom is 0.360 e. The van der Waals surface area contributed by atoms with E-state index >= 15 is 0 Å². The van der Waals surface area contributed by atoms with Crippen molar-refractivity contribution in [3.05, 3.63) is 23.4 Å². The molecule has 0 saturated carbocycles. The highest BCUT2D eigenvalue weighted by atomic mass is 16.5. The van der Waals surface area contributed by atoms with Crippen LogP contribution >= 0.6 is 0 Å². The average molecular weight is 239 g/mol. The Morgan fingerprint density at radius 2 is 2.12 bits per heavy atom. The zero-order valence-corrected chi connectivity index (χ0v) is 9.81. The molecule has 0 aliphatic carbocycles. The summed E-state index contributed by atoms with van der Waals surface area (Å²) in [6.45, 7) is 4.86. The molecule has 0 aliphatic rings. The molecule has 0 aliphatic heterocycles. The van der Waals surface area contributed by atoms with Crippen LogP contribution in [0, 0.1) is 0 Å². The fourth-order valence-electron chi connectivity index (χ4n) is 1.19. The third kappa shape index (κ3) is 2.72. The number of aromatic nitrogens is 1. The topological polar surface area (TPSA) is 89.6 Å². The van der Waals surface area contributed by atoms with Gasteiger partial charge in [0, 0.05) is 11.1 Å². The van der Waals surface area contributed by atoms with Crippen LogP contribution in [-0.2, 0) is 9.53 Å². The van der Waals surface area contributed by atoms with Gasteiger partial charge >= 0.3 is 11.9 Å². The van der Waals surface area contributed by atoms with Crippen molar-refractivity contribution in [2.75, 3.05) is 6.61 Å². The van der Waals surface area contributed by atoms with Crippen LogP contribution in [0.1, 0.15) is 37.0 Å². The van der Waals surface area contributed by atoms with Crippen molar-refractivity contribution in [3.8, 4) is 0 Å². The molecule has 1 rings (SSSR count). The average Bonchev–Trinajstić information content (AvgIpc) is 2.76. The van der Waals surface area contributed by atoms with Gasteiger partial charge in [-0.2, -0.15) is 0 Å². The maximum atomic E-state index is 11.5. The summed E-state index contributed by atoms with van der Waals surface area (Å²) in [6, 6.07) is 0. The molecule has 0 unspecified atom stereocenters. The number of carboxylic acids is 1. The molecule has 0 saturated heterocycles. The number of nitrogens with zero attached hydrogens (tertiary/aromatic N) is 1. The molecular formula is C11H13NO5. The van der Waals surface area contributed by atoms with E-state index in [-0.39, 0.29) is 23.6 Å². The van der Waals surface area contributed by atoms with Crippen molar-refractivity contribution in [2.45, 2.75) is 20.8 Å². The van der Waals surface area contributed by atoms with Gasteiger partial charge < -0.3 is 14.3 Å². The van der Waals surface area contributed by atoms with Gasteiger partial charge in [-0.3, -0.25) is 0 Å². The van der Waals surface area contributed by atoms with Crippen LogP contribution in [0.2, 0.25) is 0 Å². The fourth-order valence-corrected chi connectivity index (χ4v) is 1.19. The largest absolute Gasteiger partial charge is 0.478 e. The van der Waals surface area contributed by atoms with Crippen LogP contribution in [-0.4, -0.2) is 28.6 Å². The van der Waals surface area contributed by atoms with E-state index in [4.69, 9.17) is 14.3 Å². The monoisotopic (exact) mass is 239 g/mol. The third-order valence-electron chi connectivity index (χ3n) is 2.26. The van der Waals surface area contributed by atoms with Crippen molar-refractivity contribution in [1.29, 1.82) is 0 Å². The minimum Gasteiger partial charge on any atom is -0.478 e. The Morgan fingerprint density at radius 3 is 2.65 bits per heavy atom. The van der Waals surface area contributed by atoms with E-state index in [2.05, 4.69) is 4.98 Å². The zero-order valence-electron chi connectivity index (χ0n) is 9.81. The lowest BCUT2D eigenvalue weighted by Gasteiger charge is -2.03. The standard InChI is InChI=1S/C11H13NO5/c1-4-16-11(15)8-9(17-5-12-8)6(2)7(3)10(13)14/h5H,4H2,1-3H3,(H,13,14)/b7-6+. The number of hydrogen-bond donors (Lipinski definition) is 1. The summed E-state index contributed by atoms with van der Waals surface area (Å²) in [7, 11) is 0. The minimum atomic E-state index is -1.08. The Kier molecular flexibility index (Phi) is 4.03. The van der Waals surface area contributed by atoms with Gasteiger partial charge in [0.2, 0.25) is 0 Å². The normalized spacial score (nSPS) is 11.9. The number of carbonyl (C=O) groups excluding carboxylic acids is 1. The third-order valence-corrected chi connectivity index (χ3v) is 2.26. The molecule has 1 aromatic rings. The van der Waals surface area contributed by atoms with Crippen molar-refractivity contribution in [1.82, 2.24) is 4.98 Å². The molecule has 1 heterocycles. The Labute approximate surface area is 97.9 Å². The summed E-state index contributed by atoms with van der Waals surface area (Å²) in [5.74, 6) is -1.58. The molecule has 0 fully saturated rings. The maximum absolute atomic E-state index is 11.5. The van der Waals surface area contributed by atoms with Gasteiger partial charge in [-0.15, -0.1) is 0 Å². The predicted octanol–water partition coefficient (Wildman–Crippen LogP) is 1.73. The SMILES string of the molecule is CCOC(=O)c1ncoc1/C(C)=C(\C)C(=O)O. The highest BCUT2D eigenvalue weighted by Crippen LogP contribution is 2.22. The van der Waals surface area contributed by atoms with Crippen LogP contribution in [0.25, 0.3) is 5.57 Å². The van der Waals surface area contributed by atoms with Crippen molar-refractivity contribution < 1.29 is 23.8 Å². The van der Waals surface area contributed by atoms with Gasteiger partial charge in [0.25, 0.3) is 0 Å². The summed E-state index contributed by atoms with van der Waals surface area (Å²) >= 11 is 0. The zero-order chi connectivity index (χ0) is 13.0. The minimum absolute atomic E-state index is 0.00931.